The molecule has 0 bridgehead atoms. The number of carbonyl (C=O) groups is 2. The van der Waals surface area contributed by atoms with E-state index in [2.05, 4.69) is 4.98 Å². The lowest BCUT2D eigenvalue weighted by molar-refractivity contribution is -0.114. The van der Waals surface area contributed by atoms with Crippen molar-refractivity contribution in [2.75, 3.05) is 4.90 Å². The van der Waals surface area contributed by atoms with E-state index in [1.54, 1.807) is 24.0 Å². The molecule has 0 aliphatic carbocycles. The van der Waals surface area contributed by atoms with Gasteiger partial charge in [-0.1, -0.05) is 11.6 Å². The maximum atomic E-state index is 14.0. The number of aryl methyl sites for hydroxylation is 1. The van der Waals surface area contributed by atoms with Crippen molar-refractivity contribution in [3.63, 3.8) is 0 Å². The van der Waals surface area contributed by atoms with Crippen molar-refractivity contribution in [2.24, 2.45) is 7.05 Å². The highest BCUT2D eigenvalue weighted by molar-refractivity contribution is 6.55. The fourth-order valence-corrected chi connectivity index (χ4v) is 2.43. The molecule has 5 nitrogen and oxygen atoms in total. The van der Waals surface area contributed by atoms with Crippen molar-refractivity contribution in [1.29, 1.82) is 0 Å². The van der Waals surface area contributed by atoms with Gasteiger partial charge in [-0.25, -0.2) is 9.37 Å². The fourth-order valence-electron chi connectivity index (χ4n) is 2.19. The van der Waals surface area contributed by atoms with Gasteiger partial charge < -0.3 is 4.57 Å². The number of carbonyl (C=O) groups excluding carboxylic acids is 2. The minimum atomic E-state index is -0.796. The number of halogens is 2. The molecule has 0 atom stereocenters. The van der Waals surface area contributed by atoms with Crippen LogP contribution < -0.4 is 4.90 Å². The van der Waals surface area contributed by atoms with E-state index in [0.29, 0.717) is 5.82 Å². The van der Waals surface area contributed by atoms with Crippen molar-refractivity contribution in [3.05, 3.63) is 46.8 Å². The zero-order valence-corrected chi connectivity index (χ0v) is 11.2. The Kier molecular flexibility index (Phi) is 2.83. The predicted molar refractivity (Wildman–Crippen MR) is 70.1 cm³/mol. The molecule has 0 radical (unpaired) electrons. The molecule has 0 N–H and O–H groups in total. The Morgan fingerprint density at radius 3 is 2.75 bits per heavy atom. The highest BCUT2D eigenvalue weighted by atomic mass is 35.5. The predicted octanol–water partition coefficient (Wildman–Crippen LogP) is 1.94. The van der Waals surface area contributed by atoms with Crippen LogP contribution in [-0.2, 0) is 18.4 Å². The molecule has 3 rings (SSSR count). The molecule has 102 valence electrons. The highest BCUT2D eigenvalue weighted by Crippen LogP contribution is 2.37. The van der Waals surface area contributed by atoms with Crippen molar-refractivity contribution >= 4 is 29.0 Å². The lowest BCUT2D eigenvalue weighted by Gasteiger charge is -2.16. The number of benzene rings is 1. The summed E-state index contributed by atoms with van der Waals surface area (Å²) < 4.78 is 15.7. The monoisotopic (exact) mass is 293 g/mol. The topological polar surface area (TPSA) is 55.2 Å². The van der Waals surface area contributed by atoms with Crippen LogP contribution in [0.3, 0.4) is 0 Å². The lowest BCUT2D eigenvalue weighted by atomic mass is 10.1. The number of Topliss-reactive ketones (excluding diaryl/α,β-unsaturated/α-hetero) is 1. The lowest BCUT2D eigenvalue weighted by Crippen LogP contribution is -2.30. The molecule has 20 heavy (non-hydrogen) atoms. The molecule has 0 saturated carbocycles. The molecule has 0 unspecified atom stereocenters. The van der Waals surface area contributed by atoms with Crippen LogP contribution >= 0.6 is 11.6 Å². The zero-order valence-electron chi connectivity index (χ0n) is 10.4. The minimum absolute atomic E-state index is 0.0122. The van der Waals surface area contributed by atoms with Gasteiger partial charge in [0.1, 0.15) is 11.6 Å². The molecule has 7 heteroatoms. The van der Waals surface area contributed by atoms with Gasteiger partial charge in [0, 0.05) is 19.4 Å². The number of fused-ring (bicyclic) bond motifs is 1. The first kappa shape index (κ1) is 12.8. The second kappa shape index (κ2) is 4.42. The molecule has 0 spiro atoms. The third-order valence-electron chi connectivity index (χ3n) is 3.23. The molecule has 1 amide bonds. The summed E-state index contributed by atoms with van der Waals surface area (Å²) in [6.07, 6.45) is 3.26. The summed E-state index contributed by atoms with van der Waals surface area (Å²) in [5, 5.41) is 0.0714. The van der Waals surface area contributed by atoms with E-state index in [0.717, 1.165) is 11.0 Å². The normalized spacial score (nSPS) is 14.1. The average molecular weight is 294 g/mol. The van der Waals surface area contributed by atoms with Gasteiger partial charge in [0.05, 0.1) is 22.8 Å². The van der Waals surface area contributed by atoms with Crippen LogP contribution in [0, 0.1) is 5.82 Å². The van der Waals surface area contributed by atoms with Crippen LogP contribution in [0.1, 0.15) is 16.2 Å². The largest absolute Gasteiger partial charge is 0.337 e. The molecule has 1 aliphatic heterocycles. The van der Waals surface area contributed by atoms with Crippen LogP contribution in [-0.4, -0.2) is 21.2 Å². The van der Waals surface area contributed by atoms with E-state index < -0.39 is 17.5 Å². The smallest absolute Gasteiger partial charge is 0.300 e. The van der Waals surface area contributed by atoms with E-state index in [4.69, 9.17) is 11.6 Å². The van der Waals surface area contributed by atoms with Crippen molar-refractivity contribution in [1.82, 2.24) is 9.55 Å². The van der Waals surface area contributed by atoms with Crippen LogP contribution in [0.4, 0.5) is 10.1 Å². The van der Waals surface area contributed by atoms with E-state index in [-0.39, 0.29) is 22.8 Å². The van der Waals surface area contributed by atoms with Gasteiger partial charge in [-0.05, 0) is 12.1 Å². The summed E-state index contributed by atoms with van der Waals surface area (Å²) in [5.41, 5.74) is -0.152. The van der Waals surface area contributed by atoms with Gasteiger partial charge in [-0.2, -0.15) is 0 Å². The summed E-state index contributed by atoms with van der Waals surface area (Å²) >= 11 is 5.89. The summed E-state index contributed by atoms with van der Waals surface area (Å²) in [4.78, 5) is 29.1. The summed E-state index contributed by atoms with van der Waals surface area (Å²) in [5.74, 6) is -1.70. The maximum absolute atomic E-state index is 14.0. The van der Waals surface area contributed by atoms with E-state index >= 15 is 0 Å². The Morgan fingerprint density at radius 1 is 1.35 bits per heavy atom. The van der Waals surface area contributed by atoms with E-state index in [1.165, 1.54) is 6.07 Å². The maximum Gasteiger partial charge on any atom is 0.300 e. The first-order chi connectivity index (χ1) is 9.50. The van der Waals surface area contributed by atoms with Gasteiger partial charge >= 0.3 is 0 Å². The van der Waals surface area contributed by atoms with Crippen molar-refractivity contribution in [2.45, 2.75) is 6.54 Å². The first-order valence-corrected chi connectivity index (χ1v) is 6.19. The number of hydrogen-bond acceptors (Lipinski definition) is 3. The zero-order chi connectivity index (χ0) is 14.4. The third-order valence-corrected chi connectivity index (χ3v) is 3.55. The molecular formula is C13H9ClFN3O2. The molecule has 1 aliphatic rings. The number of amides is 1. The van der Waals surface area contributed by atoms with Crippen molar-refractivity contribution in [3.8, 4) is 0 Å². The average Bonchev–Trinajstić information content (AvgIpc) is 2.92. The number of rotatable bonds is 2. The number of hydrogen-bond donors (Lipinski definition) is 0. The summed E-state index contributed by atoms with van der Waals surface area (Å²) in [6.45, 7) is 0.0122. The summed E-state index contributed by atoms with van der Waals surface area (Å²) in [6, 6.07) is 2.41. The Labute approximate surface area is 118 Å². The van der Waals surface area contributed by atoms with E-state index in [1.807, 2.05) is 0 Å². The van der Waals surface area contributed by atoms with E-state index in [9.17, 15) is 14.0 Å². The van der Waals surface area contributed by atoms with Crippen molar-refractivity contribution < 1.29 is 14.0 Å². The SMILES string of the molecule is Cn1ccnc1CN1C(=O)C(=O)c2c(Cl)ccc(F)c21. The Hall–Kier alpha value is -2.21. The molecule has 2 aromatic rings. The quantitative estimate of drug-likeness (QED) is 0.795. The molecule has 0 saturated heterocycles. The summed E-state index contributed by atoms with van der Waals surface area (Å²) in [7, 11) is 1.75. The number of nitrogens with zero attached hydrogens (tertiary/aromatic N) is 3. The Balaban J connectivity index is 2.11. The van der Waals surface area contributed by atoms with Crippen LogP contribution in [0.25, 0.3) is 0 Å². The standard InChI is InChI=1S/C13H9ClFN3O2/c1-17-5-4-16-9(17)6-18-11-8(15)3-2-7(14)10(11)12(19)13(18)20/h2-5H,6H2,1H3. The van der Waals surface area contributed by atoms with Crippen LogP contribution in [0.2, 0.25) is 5.02 Å². The van der Waals surface area contributed by atoms with Gasteiger partial charge in [0.25, 0.3) is 11.7 Å². The molecular weight excluding hydrogens is 285 g/mol. The number of anilines is 1. The molecule has 1 aromatic heterocycles. The highest BCUT2D eigenvalue weighted by Gasteiger charge is 2.40. The minimum Gasteiger partial charge on any atom is -0.337 e. The van der Waals surface area contributed by atoms with Gasteiger partial charge in [-0.15, -0.1) is 0 Å². The number of aromatic nitrogens is 2. The van der Waals surface area contributed by atoms with Crippen LogP contribution in [0.5, 0.6) is 0 Å². The Morgan fingerprint density at radius 2 is 2.10 bits per heavy atom. The van der Waals surface area contributed by atoms with Crippen LogP contribution in [0.15, 0.2) is 24.5 Å². The van der Waals surface area contributed by atoms with Gasteiger partial charge in [0.15, 0.2) is 0 Å². The molecule has 2 heterocycles. The molecule has 1 aromatic carbocycles. The third kappa shape index (κ3) is 1.72. The Bertz CT molecular complexity index is 741. The number of ketones is 1. The van der Waals surface area contributed by atoms with Gasteiger partial charge in [0.2, 0.25) is 0 Å². The number of imidazole rings is 1. The first-order valence-electron chi connectivity index (χ1n) is 5.81. The fraction of sp³-hybridized carbons (Fsp3) is 0.154. The van der Waals surface area contributed by atoms with Gasteiger partial charge in [-0.3, -0.25) is 14.5 Å². The molecule has 0 fully saturated rings. The second-order valence-corrected chi connectivity index (χ2v) is 4.83. The second-order valence-electron chi connectivity index (χ2n) is 4.43.